The first-order valence-electron chi connectivity index (χ1n) is 4.73. The van der Waals surface area contributed by atoms with Crippen LogP contribution in [0.3, 0.4) is 0 Å². The third-order valence-electron chi connectivity index (χ3n) is 1.48. The third-order valence-corrected chi connectivity index (χ3v) is 1.48. The number of rotatable bonds is 6. The molecule has 0 aliphatic carbocycles. The normalized spacial score (nSPS) is 15.9. The molecular formula is C9H20O6. The Kier molecular flexibility index (Phi) is 13.0. The summed E-state index contributed by atoms with van der Waals surface area (Å²) in [7, 11) is 0. The van der Waals surface area contributed by atoms with Gasteiger partial charge >= 0.3 is 0 Å². The van der Waals surface area contributed by atoms with Crippen LogP contribution in [0.5, 0.6) is 0 Å². The van der Waals surface area contributed by atoms with E-state index in [9.17, 15) is 4.79 Å². The molecule has 0 saturated heterocycles. The van der Waals surface area contributed by atoms with Gasteiger partial charge in [-0.3, -0.25) is 0 Å². The smallest absolute Gasteiger partial charge is 0.151 e. The molecule has 0 aromatic heterocycles. The van der Waals surface area contributed by atoms with Crippen LogP contribution in [0.1, 0.15) is 13.8 Å². The quantitative estimate of drug-likeness (QED) is 0.401. The monoisotopic (exact) mass is 224 g/mol. The fraction of sp³-hybridized carbons (Fsp3) is 0.889. The highest BCUT2D eigenvalue weighted by molar-refractivity contribution is 5.56. The van der Waals surface area contributed by atoms with Crippen molar-refractivity contribution in [3.63, 3.8) is 0 Å². The van der Waals surface area contributed by atoms with E-state index in [1.54, 1.807) is 0 Å². The van der Waals surface area contributed by atoms with Crippen molar-refractivity contribution in [2.24, 2.45) is 0 Å². The number of carbonyl (C=O) groups is 1. The predicted molar refractivity (Wildman–Crippen MR) is 53.3 cm³/mol. The molecule has 0 aromatic carbocycles. The second-order valence-corrected chi connectivity index (χ2v) is 2.65. The Labute approximate surface area is 89.1 Å². The van der Waals surface area contributed by atoms with Crippen LogP contribution >= 0.6 is 0 Å². The number of carbonyl (C=O) groups excluding carboxylic acids is 1. The molecule has 0 unspecified atom stereocenters. The summed E-state index contributed by atoms with van der Waals surface area (Å²) >= 11 is 0. The highest BCUT2D eigenvalue weighted by Crippen LogP contribution is 1.96. The first-order valence-corrected chi connectivity index (χ1v) is 4.73. The van der Waals surface area contributed by atoms with Gasteiger partial charge in [0.2, 0.25) is 0 Å². The summed E-state index contributed by atoms with van der Waals surface area (Å²) in [5, 5.41) is 34.1. The number of hydrogen-bond donors (Lipinski definition) is 4. The number of ether oxygens (including phenoxy) is 1. The molecule has 0 rings (SSSR count). The van der Waals surface area contributed by atoms with E-state index in [1.165, 1.54) is 0 Å². The number of aliphatic hydroxyl groups is 4. The van der Waals surface area contributed by atoms with Gasteiger partial charge < -0.3 is 30.0 Å². The molecule has 0 aromatic rings. The van der Waals surface area contributed by atoms with Crippen LogP contribution in [-0.4, -0.2) is 64.8 Å². The van der Waals surface area contributed by atoms with Crippen molar-refractivity contribution in [2.45, 2.75) is 32.2 Å². The third kappa shape index (κ3) is 9.77. The molecule has 0 bridgehead atoms. The Bertz CT molecular complexity index is 139. The van der Waals surface area contributed by atoms with Crippen LogP contribution in [-0.2, 0) is 9.53 Å². The zero-order chi connectivity index (χ0) is 12.3. The summed E-state index contributed by atoms with van der Waals surface area (Å²) in [5.41, 5.74) is 0. The lowest BCUT2D eigenvalue weighted by Gasteiger charge is -2.16. The summed E-state index contributed by atoms with van der Waals surface area (Å²) in [6.07, 6.45) is -4.63. The van der Waals surface area contributed by atoms with E-state index in [0.717, 1.165) is 13.2 Å². The maximum Gasteiger partial charge on any atom is 0.151 e. The van der Waals surface area contributed by atoms with Gasteiger partial charge in [0.1, 0.15) is 18.3 Å². The molecule has 92 valence electrons. The fourth-order valence-corrected chi connectivity index (χ4v) is 0.620. The molecule has 3 atom stereocenters. The van der Waals surface area contributed by atoms with Gasteiger partial charge in [0.05, 0.1) is 6.61 Å². The van der Waals surface area contributed by atoms with Crippen molar-refractivity contribution in [2.75, 3.05) is 19.8 Å². The van der Waals surface area contributed by atoms with Crippen molar-refractivity contribution in [3.8, 4) is 0 Å². The van der Waals surface area contributed by atoms with E-state index in [1.807, 2.05) is 13.8 Å². The average Bonchev–Trinajstić information content (AvgIpc) is 2.27. The van der Waals surface area contributed by atoms with E-state index in [0.29, 0.717) is 0 Å². The zero-order valence-corrected chi connectivity index (χ0v) is 9.04. The minimum absolute atomic E-state index is 0.0869. The molecule has 0 spiro atoms. The molecule has 0 amide bonds. The molecule has 6 heteroatoms. The van der Waals surface area contributed by atoms with Crippen molar-refractivity contribution in [3.05, 3.63) is 0 Å². The van der Waals surface area contributed by atoms with Gasteiger partial charge in [-0.2, -0.15) is 0 Å². The SMILES string of the molecule is CCOCC.O=C[C@@H](O)[C@H](O)[C@H](O)CO. The minimum atomic E-state index is -1.64. The van der Waals surface area contributed by atoms with E-state index in [-0.39, 0.29) is 6.29 Å². The van der Waals surface area contributed by atoms with E-state index in [4.69, 9.17) is 25.2 Å². The van der Waals surface area contributed by atoms with Crippen LogP contribution in [0.4, 0.5) is 0 Å². The highest BCUT2D eigenvalue weighted by atomic mass is 16.5. The number of aliphatic hydroxyl groups excluding tert-OH is 4. The van der Waals surface area contributed by atoms with Crippen LogP contribution in [0.2, 0.25) is 0 Å². The highest BCUT2D eigenvalue weighted by Gasteiger charge is 2.22. The molecule has 0 radical (unpaired) electrons. The van der Waals surface area contributed by atoms with Gasteiger partial charge in [0.15, 0.2) is 6.29 Å². The van der Waals surface area contributed by atoms with Crippen LogP contribution in [0, 0.1) is 0 Å². The second-order valence-electron chi connectivity index (χ2n) is 2.65. The summed E-state index contributed by atoms with van der Waals surface area (Å²) < 4.78 is 4.83. The minimum Gasteiger partial charge on any atom is -0.394 e. The van der Waals surface area contributed by atoms with Crippen molar-refractivity contribution < 1.29 is 30.0 Å². The molecular weight excluding hydrogens is 204 g/mol. The van der Waals surface area contributed by atoms with Gasteiger partial charge in [-0.15, -0.1) is 0 Å². The maximum absolute atomic E-state index is 9.76. The standard InChI is InChI=1S/C5H10O5.C4H10O/c6-1-3(8)5(10)4(9)2-7;1-3-5-4-2/h1,3-5,7-10H,2H2;3-4H2,1-2H3/t3-,4-,5+;/m1./s1. The molecule has 0 aliphatic heterocycles. The van der Waals surface area contributed by atoms with E-state index < -0.39 is 24.9 Å². The van der Waals surface area contributed by atoms with Crippen LogP contribution in [0.25, 0.3) is 0 Å². The largest absolute Gasteiger partial charge is 0.394 e. The summed E-state index contributed by atoms with van der Waals surface area (Å²) in [6, 6.07) is 0. The molecule has 6 nitrogen and oxygen atoms in total. The van der Waals surface area contributed by atoms with Crippen molar-refractivity contribution in [1.29, 1.82) is 0 Å². The van der Waals surface area contributed by atoms with Gasteiger partial charge in [-0.25, -0.2) is 0 Å². The van der Waals surface area contributed by atoms with Crippen LogP contribution < -0.4 is 0 Å². The van der Waals surface area contributed by atoms with Gasteiger partial charge in [0.25, 0.3) is 0 Å². The Morgan fingerprint density at radius 2 is 1.67 bits per heavy atom. The summed E-state index contributed by atoms with van der Waals surface area (Å²) in [4.78, 5) is 9.76. The summed E-state index contributed by atoms with van der Waals surface area (Å²) in [6.45, 7) is 4.98. The molecule has 0 fully saturated rings. The molecule has 0 heterocycles. The fourth-order valence-electron chi connectivity index (χ4n) is 0.620. The van der Waals surface area contributed by atoms with Crippen molar-refractivity contribution in [1.82, 2.24) is 0 Å². The van der Waals surface area contributed by atoms with Crippen molar-refractivity contribution >= 4 is 6.29 Å². The molecule has 15 heavy (non-hydrogen) atoms. The molecule has 0 saturated carbocycles. The lowest BCUT2D eigenvalue weighted by atomic mass is 10.1. The maximum atomic E-state index is 9.76. The first-order chi connectivity index (χ1) is 7.04. The van der Waals surface area contributed by atoms with Gasteiger partial charge in [-0.1, -0.05) is 0 Å². The number of aldehydes is 1. The Morgan fingerprint density at radius 1 is 1.20 bits per heavy atom. The molecule has 0 aliphatic rings. The lowest BCUT2D eigenvalue weighted by molar-refractivity contribution is -0.127. The van der Waals surface area contributed by atoms with E-state index in [2.05, 4.69) is 0 Å². The van der Waals surface area contributed by atoms with Gasteiger partial charge in [-0.05, 0) is 13.8 Å². The van der Waals surface area contributed by atoms with E-state index >= 15 is 0 Å². The Balaban J connectivity index is 0. The first kappa shape index (κ1) is 16.9. The molecule has 4 N–H and O–H groups in total. The average molecular weight is 224 g/mol. The zero-order valence-electron chi connectivity index (χ0n) is 9.04. The Morgan fingerprint density at radius 3 is 1.87 bits per heavy atom. The lowest BCUT2D eigenvalue weighted by Crippen LogP contribution is -2.40. The Hall–Kier alpha value is -0.530. The topological polar surface area (TPSA) is 107 Å². The second kappa shape index (κ2) is 11.5. The number of hydrogen-bond acceptors (Lipinski definition) is 6. The summed E-state index contributed by atoms with van der Waals surface area (Å²) in [5.74, 6) is 0. The van der Waals surface area contributed by atoms with Gasteiger partial charge in [0, 0.05) is 13.2 Å². The predicted octanol–water partition coefficient (Wildman–Crippen LogP) is -1.70. The van der Waals surface area contributed by atoms with Crippen LogP contribution in [0.15, 0.2) is 0 Å².